The molecule has 0 aromatic carbocycles. The zero-order chi connectivity index (χ0) is 13.0. The van der Waals surface area contributed by atoms with Crippen molar-refractivity contribution in [3.05, 3.63) is 0 Å². The number of rotatable bonds is 5. The molecule has 0 spiro atoms. The number of piperazine rings is 1. The fourth-order valence-electron chi connectivity index (χ4n) is 2.09. The van der Waals surface area contributed by atoms with E-state index in [1.54, 1.807) is 6.92 Å². The van der Waals surface area contributed by atoms with Gasteiger partial charge in [-0.05, 0) is 19.8 Å². The number of esters is 1. The highest BCUT2D eigenvalue weighted by Crippen LogP contribution is 2.18. The maximum atomic E-state index is 11.8. The summed E-state index contributed by atoms with van der Waals surface area (Å²) in [6, 6.07) is 0.0186. The summed E-state index contributed by atoms with van der Waals surface area (Å²) in [6.45, 7) is 4.49. The van der Waals surface area contributed by atoms with E-state index in [-0.39, 0.29) is 24.5 Å². The molecule has 1 heterocycles. The Morgan fingerprint density at radius 1 is 1.44 bits per heavy atom. The van der Waals surface area contributed by atoms with E-state index >= 15 is 0 Å². The molecule has 1 amide bonds. The highest BCUT2D eigenvalue weighted by molar-refractivity contribution is 5.81. The first-order valence-corrected chi connectivity index (χ1v) is 6.61. The van der Waals surface area contributed by atoms with Crippen LogP contribution in [-0.4, -0.2) is 61.6 Å². The van der Waals surface area contributed by atoms with E-state index in [2.05, 4.69) is 10.6 Å². The van der Waals surface area contributed by atoms with Crippen LogP contribution in [0, 0.1) is 0 Å². The fourth-order valence-corrected chi connectivity index (χ4v) is 2.09. The Hall–Kier alpha value is -1.14. The summed E-state index contributed by atoms with van der Waals surface area (Å²) >= 11 is 0. The van der Waals surface area contributed by atoms with Crippen LogP contribution in [0.4, 0.5) is 0 Å². The Morgan fingerprint density at radius 3 is 2.89 bits per heavy atom. The molecular formula is C12H21N3O3. The van der Waals surface area contributed by atoms with Gasteiger partial charge in [-0.15, -0.1) is 0 Å². The first-order valence-electron chi connectivity index (χ1n) is 6.61. The van der Waals surface area contributed by atoms with E-state index in [1.165, 1.54) is 0 Å². The Morgan fingerprint density at radius 2 is 2.22 bits per heavy atom. The third-order valence-electron chi connectivity index (χ3n) is 3.20. The third kappa shape index (κ3) is 3.68. The molecule has 1 saturated carbocycles. The van der Waals surface area contributed by atoms with Gasteiger partial charge in [-0.25, -0.2) is 0 Å². The van der Waals surface area contributed by atoms with Gasteiger partial charge < -0.3 is 15.4 Å². The Labute approximate surface area is 107 Å². The van der Waals surface area contributed by atoms with Gasteiger partial charge in [0.15, 0.2) is 0 Å². The summed E-state index contributed by atoms with van der Waals surface area (Å²) in [5.74, 6) is -0.238. The van der Waals surface area contributed by atoms with Crippen LogP contribution < -0.4 is 10.6 Å². The van der Waals surface area contributed by atoms with Gasteiger partial charge in [0.2, 0.25) is 5.91 Å². The van der Waals surface area contributed by atoms with E-state index in [1.807, 2.05) is 4.90 Å². The van der Waals surface area contributed by atoms with Crippen molar-refractivity contribution in [2.24, 2.45) is 0 Å². The predicted octanol–water partition coefficient (Wildman–Crippen LogP) is -0.898. The Balaban J connectivity index is 1.85. The number of nitrogens with one attached hydrogen (secondary N) is 2. The van der Waals surface area contributed by atoms with Crippen molar-refractivity contribution in [3.63, 3.8) is 0 Å². The number of hydrogen-bond donors (Lipinski definition) is 2. The lowest BCUT2D eigenvalue weighted by Crippen LogP contribution is -2.57. The van der Waals surface area contributed by atoms with Gasteiger partial charge in [-0.1, -0.05) is 0 Å². The summed E-state index contributed by atoms with van der Waals surface area (Å²) in [4.78, 5) is 25.4. The monoisotopic (exact) mass is 255 g/mol. The van der Waals surface area contributed by atoms with Gasteiger partial charge in [0.1, 0.15) is 6.04 Å². The van der Waals surface area contributed by atoms with E-state index in [0.29, 0.717) is 25.7 Å². The van der Waals surface area contributed by atoms with E-state index in [9.17, 15) is 9.59 Å². The van der Waals surface area contributed by atoms with Crippen LogP contribution in [0.25, 0.3) is 0 Å². The van der Waals surface area contributed by atoms with Crippen LogP contribution in [0.5, 0.6) is 0 Å². The molecule has 0 radical (unpaired) electrons. The molecule has 0 bridgehead atoms. The minimum Gasteiger partial charge on any atom is -0.465 e. The first-order chi connectivity index (χ1) is 8.70. The number of carbonyl (C=O) groups is 2. The number of hydrogen-bond acceptors (Lipinski definition) is 5. The lowest BCUT2D eigenvalue weighted by atomic mass is 10.2. The van der Waals surface area contributed by atoms with Crippen LogP contribution in [0.2, 0.25) is 0 Å². The van der Waals surface area contributed by atoms with Crippen LogP contribution in [-0.2, 0) is 14.3 Å². The molecule has 1 aliphatic carbocycles. The summed E-state index contributed by atoms with van der Waals surface area (Å²) in [5.41, 5.74) is 0. The highest BCUT2D eigenvalue weighted by atomic mass is 16.5. The van der Waals surface area contributed by atoms with Gasteiger partial charge in [-0.2, -0.15) is 0 Å². The van der Waals surface area contributed by atoms with Gasteiger partial charge >= 0.3 is 5.97 Å². The minimum absolute atomic E-state index is 0.00805. The second-order valence-corrected chi connectivity index (χ2v) is 4.78. The molecule has 2 aliphatic rings. The van der Waals surface area contributed by atoms with Crippen LogP contribution in [0.3, 0.4) is 0 Å². The lowest BCUT2D eigenvalue weighted by molar-refractivity contribution is -0.150. The summed E-state index contributed by atoms with van der Waals surface area (Å²) in [7, 11) is 0. The molecule has 1 aliphatic heterocycles. The topological polar surface area (TPSA) is 70.7 Å². The number of amides is 1. The number of carbonyl (C=O) groups excluding carboxylic acids is 2. The quantitative estimate of drug-likeness (QED) is 0.623. The molecule has 2 fully saturated rings. The normalized spacial score (nSPS) is 24.6. The van der Waals surface area contributed by atoms with E-state index in [4.69, 9.17) is 4.74 Å². The van der Waals surface area contributed by atoms with Crippen LogP contribution >= 0.6 is 0 Å². The van der Waals surface area contributed by atoms with Crippen molar-refractivity contribution >= 4 is 11.9 Å². The summed E-state index contributed by atoms with van der Waals surface area (Å²) in [5, 5.41) is 6.10. The zero-order valence-electron chi connectivity index (χ0n) is 10.8. The van der Waals surface area contributed by atoms with Gasteiger partial charge in [0, 0.05) is 25.7 Å². The molecule has 6 heteroatoms. The average Bonchev–Trinajstić information content (AvgIpc) is 3.13. The zero-order valence-corrected chi connectivity index (χ0v) is 10.8. The third-order valence-corrected chi connectivity index (χ3v) is 3.20. The van der Waals surface area contributed by atoms with E-state index < -0.39 is 0 Å². The van der Waals surface area contributed by atoms with E-state index in [0.717, 1.165) is 19.4 Å². The van der Waals surface area contributed by atoms with Crippen LogP contribution in [0.1, 0.15) is 19.8 Å². The smallest absolute Gasteiger partial charge is 0.324 e. The Kier molecular flexibility index (Phi) is 4.54. The second-order valence-electron chi connectivity index (χ2n) is 4.78. The fraction of sp³-hybridized carbons (Fsp3) is 0.833. The molecule has 1 saturated heterocycles. The largest absolute Gasteiger partial charge is 0.465 e. The highest BCUT2D eigenvalue weighted by Gasteiger charge is 2.32. The van der Waals surface area contributed by atoms with Crippen LogP contribution in [0.15, 0.2) is 0 Å². The molecule has 6 nitrogen and oxygen atoms in total. The Bertz CT molecular complexity index is 318. The van der Waals surface area contributed by atoms with Crippen molar-refractivity contribution in [3.8, 4) is 0 Å². The summed E-state index contributed by atoms with van der Waals surface area (Å²) in [6.07, 6.45) is 2.16. The van der Waals surface area contributed by atoms with Crippen molar-refractivity contribution in [1.29, 1.82) is 0 Å². The number of nitrogens with zero attached hydrogens (tertiary/aromatic N) is 1. The maximum absolute atomic E-state index is 11.8. The van der Waals surface area contributed by atoms with Crippen molar-refractivity contribution < 1.29 is 14.3 Å². The minimum atomic E-state index is -0.344. The van der Waals surface area contributed by atoms with Crippen molar-refractivity contribution in [2.75, 3.05) is 32.8 Å². The molecule has 18 heavy (non-hydrogen) atoms. The average molecular weight is 255 g/mol. The molecule has 102 valence electrons. The number of ether oxygens (including phenoxy) is 1. The SMILES string of the molecule is CCOC(=O)C1CNCCN1CC(=O)NC1CC1. The van der Waals surface area contributed by atoms with Gasteiger partial charge in [0.25, 0.3) is 0 Å². The van der Waals surface area contributed by atoms with Crippen molar-refractivity contribution in [1.82, 2.24) is 15.5 Å². The summed E-state index contributed by atoms with van der Waals surface area (Å²) < 4.78 is 5.03. The molecule has 2 N–H and O–H groups in total. The van der Waals surface area contributed by atoms with Gasteiger partial charge in [0.05, 0.1) is 13.2 Å². The molecular weight excluding hydrogens is 234 g/mol. The maximum Gasteiger partial charge on any atom is 0.324 e. The van der Waals surface area contributed by atoms with Gasteiger partial charge in [-0.3, -0.25) is 14.5 Å². The molecule has 2 rings (SSSR count). The molecule has 0 aromatic heterocycles. The molecule has 0 aromatic rings. The standard InChI is InChI=1S/C12H21N3O3/c1-2-18-12(17)10-7-13-5-6-15(10)8-11(16)14-9-3-4-9/h9-10,13H,2-8H2,1H3,(H,14,16). The predicted molar refractivity (Wildman–Crippen MR) is 66.0 cm³/mol. The van der Waals surface area contributed by atoms with Crippen molar-refractivity contribution in [2.45, 2.75) is 31.8 Å². The molecule has 1 atom stereocenters. The first kappa shape index (κ1) is 13.3. The molecule has 1 unspecified atom stereocenters. The lowest BCUT2D eigenvalue weighted by Gasteiger charge is -2.33. The second kappa shape index (κ2) is 6.15.